The van der Waals surface area contributed by atoms with Crippen molar-refractivity contribution in [2.45, 2.75) is 18.9 Å². The highest BCUT2D eigenvalue weighted by Crippen LogP contribution is 2.03. The maximum Gasteiger partial charge on any atom is 0.255 e. The number of halogens is 3. The van der Waals surface area contributed by atoms with E-state index < -0.39 is 24.9 Å². The summed E-state index contributed by atoms with van der Waals surface area (Å²) >= 11 is 0. The summed E-state index contributed by atoms with van der Waals surface area (Å²) in [6.45, 7) is -0.605. The summed E-state index contributed by atoms with van der Waals surface area (Å²) in [6.07, 6.45) is -2.04. The second-order valence-electron chi connectivity index (χ2n) is 3.67. The highest BCUT2D eigenvalue weighted by molar-refractivity contribution is 5.85. The van der Waals surface area contributed by atoms with Gasteiger partial charge in [0.25, 0.3) is 6.43 Å². The fourth-order valence-electron chi connectivity index (χ4n) is 1.48. The van der Waals surface area contributed by atoms with Crippen molar-refractivity contribution in [1.82, 2.24) is 10.6 Å². The van der Waals surface area contributed by atoms with Crippen LogP contribution in [0.25, 0.3) is 0 Å². The van der Waals surface area contributed by atoms with E-state index in [-0.39, 0.29) is 12.4 Å². The van der Waals surface area contributed by atoms with Crippen molar-refractivity contribution < 1.29 is 13.6 Å². The number of amides is 1. The SMILES string of the molecule is CNC(Cc1ccccc1)C(=O)NCC(F)F.Cl. The normalized spacial score (nSPS) is 11.8. The number of rotatable bonds is 6. The molecule has 0 aromatic heterocycles. The molecular formula is C12H17ClF2N2O. The third-order valence-electron chi connectivity index (χ3n) is 2.38. The predicted octanol–water partition coefficient (Wildman–Crippen LogP) is 1.62. The van der Waals surface area contributed by atoms with Crippen molar-refractivity contribution in [1.29, 1.82) is 0 Å². The van der Waals surface area contributed by atoms with E-state index in [1.807, 2.05) is 30.3 Å². The van der Waals surface area contributed by atoms with Gasteiger partial charge < -0.3 is 10.6 Å². The van der Waals surface area contributed by atoms with E-state index in [0.29, 0.717) is 6.42 Å². The van der Waals surface area contributed by atoms with Gasteiger partial charge in [0.15, 0.2) is 0 Å². The second kappa shape index (κ2) is 8.83. The molecule has 0 saturated carbocycles. The molecule has 0 spiro atoms. The minimum atomic E-state index is -2.52. The van der Waals surface area contributed by atoms with Crippen LogP contribution in [0.2, 0.25) is 0 Å². The molecule has 0 saturated heterocycles. The molecule has 1 aromatic carbocycles. The number of likely N-dealkylation sites (N-methyl/N-ethyl adjacent to an activating group) is 1. The molecule has 1 aromatic rings. The Labute approximate surface area is 111 Å². The van der Waals surface area contributed by atoms with Crippen LogP contribution >= 0.6 is 12.4 Å². The van der Waals surface area contributed by atoms with Crippen LogP contribution in [0.1, 0.15) is 5.56 Å². The van der Waals surface area contributed by atoms with Crippen LogP contribution in [-0.2, 0) is 11.2 Å². The van der Waals surface area contributed by atoms with Crippen LogP contribution in [0.15, 0.2) is 30.3 Å². The van der Waals surface area contributed by atoms with Gasteiger partial charge in [-0.15, -0.1) is 12.4 Å². The van der Waals surface area contributed by atoms with Crippen LogP contribution in [0.5, 0.6) is 0 Å². The molecule has 1 amide bonds. The first kappa shape index (κ1) is 16.8. The van der Waals surface area contributed by atoms with Crippen molar-refractivity contribution in [3.05, 3.63) is 35.9 Å². The number of carbonyl (C=O) groups excluding carboxylic acids is 1. The van der Waals surface area contributed by atoms with Gasteiger partial charge in [0.2, 0.25) is 5.91 Å². The van der Waals surface area contributed by atoms with E-state index in [1.165, 1.54) is 0 Å². The maximum absolute atomic E-state index is 12.0. The Balaban J connectivity index is 0.00000289. The van der Waals surface area contributed by atoms with E-state index in [0.717, 1.165) is 5.56 Å². The first-order chi connectivity index (χ1) is 8.13. The quantitative estimate of drug-likeness (QED) is 0.830. The van der Waals surface area contributed by atoms with Gasteiger partial charge in [-0.1, -0.05) is 30.3 Å². The van der Waals surface area contributed by atoms with E-state index in [2.05, 4.69) is 10.6 Å². The van der Waals surface area contributed by atoms with Crippen molar-refractivity contribution in [2.75, 3.05) is 13.6 Å². The fourth-order valence-corrected chi connectivity index (χ4v) is 1.48. The zero-order valence-electron chi connectivity index (χ0n) is 10.0. The van der Waals surface area contributed by atoms with E-state index in [4.69, 9.17) is 0 Å². The second-order valence-corrected chi connectivity index (χ2v) is 3.67. The highest BCUT2D eigenvalue weighted by atomic mass is 35.5. The van der Waals surface area contributed by atoms with Crippen molar-refractivity contribution in [2.24, 2.45) is 0 Å². The monoisotopic (exact) mass is 278 g/mol. The summed E-state index contributed by atoms with van der Waals surface area (Å²) in [5.41, 5.74) is 0.985. The fraction of sp³-hybridized carbons (Fsp3) is 0.417. The van der Waals surface area contributed by atoms with Crippen LogP contribution in [0.3, 0.4) is 0 Å². The first-order valence-electron chi connectivity index (χ1n) is 5.40. The number of hydrogen-bond donors (Lipinski definition) is 2. The summed E-state index contributed by atoms with van der Waals surface area (Å²) in [6, 6.07) is 8.93. The largest absolute Gasteiger partial charge is 0.349 e. The molecule has 0 aliphatic carbocycles. The van der Waals surface area contributed by atoms with Crippen LogP contribution in [0, 0.1) is 0 Å². The van der Waals surface area contributed by atoms with Crippen molar-refractivity contribution in [3.63, 3.8) is 0 Å². The molecule has 1 atom stereocenters. The van der Waals surface area contributed by atoms with Gasteiger partial charge in [0.05, 0.1) is 12.6 Å². The summed E-state index contributed by atoms with van der Waals surface area (Å²) in [4.78, 5) is 11.6. The van der Waals surface area contributed by atoms with Gasteiger partial charge in [-0.25, -0.2) is 8.78 Å². The lowest BCUT2D eigenvalue weighted by Crippen LogP contribution is -2.45. The molecular weight excluding hydrogens is 262 g/mol. The molecule has 3 nitrogen and oxygen atoms in total. The average Bonchev–Trinajstić information content (AvgIpc) is 2.34. The van der Waals surface area contributed by atoms with Gasteiger partial charge in [-0.2, -0.15) is 0 Å². The average molecular weight is 279 g/mol. The standard InChI is InChI=1S/C12H16F2N2O.ClH/c1-15-10(12(17)16-8-11(13)14)7-9-5-3-2-4-6-9;/h2-6,10-11,15H,7-8H2,1H3,(H,16,17);1H. The van der Waals surface area contributed by atoms with Crippen molar-refractivity contribution in [3.8, 4) is 0 Å². The third-order valence-corrected chi connectivity index (χ3v) is 2.38. The van der Waals surface area contributed by atoms with Gasteiger partial charge in [-0.05, 0) is 19.0 Å². The summed E-state index contributed by atoms with van der Waals surface area (Å²) in [5.74, 6) is -0.406. The molecule has 1 rings (SSSR count). The number of benzene rings is 1. The van der Waals surface area contributed by atoms with Gasteiger partial charge in [-0.3, -0.25) is 4.79 Å². The molecule has 0 aliphatic rings. The number of carbonyl (C=O) groups is 1. The van der Waals surface area contributed by atoms with Crippen LogP contribution in [-0.4, -0.2) is 32.0 Å². The Morgan fingerprint density at radius 2 is 1.89 bits per heavy atom. The minimum Gasteiger partial charge on any atom is -0.349 e. The molecule has 18 heavy (non-hydrogen) atoms. The zero-order valence-corrected chi connectivity index (χ0v) is 10.8. The lowest BCUT2D eigenvalue weighted by atomic mass is 10.1. The molecule has 0 aliphatic heterocycles. The van der Waals surface area contributed by atoms with E-state index in [9.17, 15) is 13.6 Å². The Morgan fingerprint density at radius 3 is 2.39 bits per heavy atom. The lowest BCUT2D eigenvalue weighted by molar-refractivity contribution is -0.123. The molecule has 2 N–H and O–H groups in total. The smallest absolute Gasteiger partial charge is 0.255 e. The van der Waals surface area contributed by atoms with Crippen molar-refractivity contribution >= 4 is 18.3 Å². The highest BCUT2D eigenvalue weighted by Gasteiger charge is 2.17. The molecule has 0 radical (unpaired) electrons. The summed E-state index contributed by atoms with van der Waals surface area (Å²) in [5, 5.41) is 5.02. The molecule has 0 bridgehead atoms. The van der Waals surface area contributed by atoms with Gasteiger partial charge >= 0.3 is 0 Å². The molecule has 0 heterocycles. The number of alkyl halides is 2. The Kier molecular flexibility index (Phi) is 8.24. The Hall–Kier alpha value is -1.20. The van der Waals surface area contributed by atoms with E-state index in [1.54, 1.807) is 7.05 Å². The van der Waals surface area contributed by atoms with Gasteiger partial charge in [0, 0.05) is 0 Å². The first-order valence-corrected chi connectivity index (χ1v) is 5.40. The lowest BCUT2D eigenvalue weighted by Gasteiger charge is -2.15. The Bertz CT molecular complexity index is 349. The minimum absolute atomic E-state index is 0. The topological polar surface area (TPSA) is 41.1 Å². The summed E-state index contributed by atoms with van der Waals surface area (Å²) in [7, 11) is 1.63. The van der Waals surface area contributed by atoms with Crippen LogP contribution in [0.4, 0.5) is 8.78 Å². The zero-order chi connectivity index (χ0) is 12.7. The van der Waals surface area contributed by atoms with Crippen LogP contribution < -0.4 is 10.6 Å². The van der Waals surface area contributed by atoms with E-state index >= 15 is 0 Å². The molecule has 1 unspecified atom stereocenters. The Morgan fingerprint density at radius 1 is 1.28 bits per heavy atom. The molecule has 102 valence electrons. The van der Waals surface area contributed by atoms with Gasteiger partial charge in [0.1, 0.15) is 0 Å². The number of nitrogens with one attached hydrogen (secondary N) is 2. The summed E-state index contributed by atoms with van der Waals surface area (Å²) < 4.78 is 23.9. The molecule has 0 fully saturated rings. The number of hydrogen-bond acceptors (Lipinski definition) is 2. The third kappa shape index (κ3) is 5.93. The molecule has 6 heteroatoms. The maximum atomic E-state index is 12.0. The predicted molar refractivity (Wildman–Crippen MR) is 69.3 cm³/mol.